The molecular formula is C23H27N3O2S. The van der Waals surface area contributed by atoms with E-state index in [4.69, 9.17) is 4.74 Å². The zero-order chi connectivity index (χ0) is 20.6. The van der Waals surface area contributed by atoms with Gasteiger partial charge in [0.2, 0.25) is 0 Å². The first-order chi connectivity index (χ1) is 14.1. The molecule has 2 aromatic carbocycles. The number of nitrogens with one attached hydrogen (secondary N) is 1. The van der Waals surface area contributed by atoms with Crippen molar-refractivity contribution in [3.63, 3.8) is 0 Å². The highest BCUT2D eigenvalue weighted by Crippen LogP contribution is 2.27. The third kappa shape index (κ3) is 5.35. The maximum absolute atomic E-state index is 12.6. The lowest BCUT2D eigenvalue weighted by Crippen LogP contribution is -2.21. The maximum Gasteiger partial charge on any atom is 0.257 e. The predicted molar refractivity (Wildman–Crippen MR) is 121 cm³/mol. The minimum Gasteiger partial charge on any atom is -0.494 e. The maximum atomic E-state index is 12.6. The Labute approximate surface area is 176 Å². The van der Waals surface area contributed by atoms with E-state index < -0.39 is 0 Å². The molecule has 0 radical (unpaired) electrons. The lowest BCUT2D eigenvalue weighted by molar-refractivity contribution is 0.102. The smallest absolute Gasteiger partial charge is 0.257 e. The summed E-state index contributed by atoms with van der Waals surface area (Å²) < 4.78 is 5.61. The van der Waals surface area contributed by atoms with Crippen molar-refractivity contribution < 1.29 is 9.53 Å². The van der Waals surface area contributed by atoms with Crippen LogP contribution in [0.1, 0.15) is 37.6 Å². The van der Waals surface area contributed by atoms with Gasteiger partial charge in [0.15, 0.2) is 5.13 Å². The number of nitrogens with zero attached hydrogens (tertiary/aromatic N) is 2. The largest absolute Gasteiger partial charge is 0.494 e. The highest BCUT2D eigenvalue weighted by molar-refractivity contribution is 7.14. The Hall–Kier alpha value is -2.86. The first kappa shape index (κ1) is 20.9. The molecule has 1 N–H and O–H groups in total. The summed E-state index contributed by atoms with van der Waals surface area (Å²) in [6.07, 6.45) is 0.981. The Morgan fingerprint density at radius 2 is 1.72 bits per heavy atom. The van der Waals surface area contributed by atoms with Gasteiger partial charge in [0, 0.05) is 35.3 Å². The molecule has 29 heavy (non-hydrogen) atoms. The van der Waals surface area contributed by atoms with Crippen LogP contribution in [-0.4, -0.2) is 30.6 Å². The number of carbonyl (C=O) groups is 1. The number of carbonyl (C=O) groups excluding carboxylic acids is 1. The van der Waals surface area contributed by atoms with Crippen molar-refractivity contribution in [2.45, 2.75) is 27.2 Å². The van der Waals surface area contributed by atoms with Crippen molar-refractivity contribution in [3.05, 3.63) is 59.5 Å². The molecule has 1 heterocycles. The van der Waals surface area contributed by atoms with Crippen molar-refractivity contribution in [2.24, 2.45) is 0 Å². The Morgan fingerprint density at radius 1 is 1.03 bits per heavy atom. The minimum atomic E-state index is -0.152. The van der Waals surface area contributed by atoms with Crippen LogP contribution < -0.4 is 15.0 Å². The summed E-state index contributed by atoms with van der Waals surface area (Å²) in [5.41, 5.74) is 3.57. The number of benzene rings is 2. The molecule has 0 saturated carbocycles. The molecule has 0 aliphatic heterocycles. The summed E-state index contributed by atoms with van der Waals surface area (Å²) in [4.78, 5) is 19.3. The van der Waals surface area contributed by atoms with Gasteiger partial charge in [0.05, 0.1) is 12.3 Å². The highest BCUT2D eigenvalue weighted by atomic mass is 32.1. The Bertz CT molecular complexity index is 916. The lowest BCUT2D eigenvalue weighted by atomic mass is 10.2. The monoisotopic (exact) mass is 409 g/mol. The van der Waals surface area contributed by atoms with Crippen LogP contribution in [0.2, 0.25) is 0 Å². The summed E-state index contributed by atoms with van der Waals surface area (Å²) in [6.45, 7) is 8.91. The SMILES string of the molecule is CCCOc1ccc(-c2csc(NC(=O)c3ccc(N(CC)CC)cc3)n2)cc1. The quantitative estimate of drug-likeness (QED) is 0.493. The van der Waals surface area contributed by atoms with E-state index in [0.717, 1.165) is 42.2 Å². The molecule has 0 fully saturated rings. The van der Waals surface area contributed by atoms with Gasteiger partial charge in [-0.05, 0) is 68.8 Å². The molecule has 3 rings (SSSR count). The number of hydrogen-bond donors (Lipinski definition) is 1. The molecule has 0 bridgehead atoms. The molecule has 0 atom stereocenters. The van der Waals surface area contributed by atoms with Crippen molar-refractivity contribution in [2.75, 3.05) is 29.9 Å². The van der Waals surface area contributed by atoms with Crippen molar-refractivity contribution >= 4 is 28.1 Å². The van der Waals surface area contributed by atoms with Gasteiger partial charge < -0.3 is 9.64 Å². The second kappa shape index (κ2) is 10.1. The van der Waals surface area contributed by atoms with E-state index in [1.807, 2.05) is 53.9 Å². The highest BCUT2D eigenvalue weighted by Gasteiger charge is 2.11. The molecule has 0 spiro atoms. The third-order valence-corrected chi connectivity index (χ3v) is 5.36. The molecule has 0 saturated heterocycles. The number of amides is 1. The zero-order valence-corrected chi connectivity index (χ0v) is 18.0. The van der Waals surface area contributed by atoms with Gasteiger partial charge in [0.25, 0.3) is 5.91 Å². The molecule has 0 unspecified atom stereocenters. The minimum absolute atomic E-state index is 0.152. The summed E-state index contributed by atoms with van der Waals surface area (Å²) in [7, 11) is 0. The molecule has 1 amide bonds. The second-order valence-corrected chi connectivity index (χ2v) is 7.44. The molecule has 6 heteroatoms. The molecule has 152 valence electrons. The molecule has 1 aromatic heterocycles. The first-order valence-corrected chi connectivity index (χ1v) is 10.9. The molecule has 3 aromatic rings. The predicted octanol–water partition coefficient (Wildman–Crippen LogP) is 5.70. The van der Waals surface area contributed by atoms with E-state index in [-0.39, 0.29) is 5.91 Å². The van der Waals surface area contributed by atoms with Crippen LogP contribution >= 0.6 is 11.3 Å². The van der Waals surface area contributed by atoms with Gasteiger partial charge in [-0.2, -0.15) is 0 Å². The van der Waals surface area contributed by atoms with Crippen molar-refractivity contribution in [1.82, 2.24) is 4.98 Å². The van der Waals surface area contributed by atoms with E-state index in [0.29, 0.717) is 17.3 Å². The number of thiazole rings is 1. The van der Waals surface area contributed by atoms with Gasteiger partial charge in [0.1, 0.15) is 5.75 Å². The van der Waals surface area contributed by atoms with Crippen LogP contribution in [0.15, 0.2) is 53.9 Å². The van der Waals surface area contributed by atoms with Crippen molar-refractivity contribution in [1.29, 1.82) is 0 Å². The second-order valence-electron chi connectivity index (χ2n) is 6.58. The fraction of sp³-hybridized carbons (Fsp3) is 0.304. The van der Waals surface area contributed by atoms with E-state index in [1.54, 1.807) is 0 Å². The molecule has 0 aliphatic rings. The summed E-state index contributed by atoms with van der Waals surface area (Å²) >= 11 is 1.42. The summed E-state index contributed by atoms with van der Waals surface area (Å²) in [6, 6.07) is 15.5. The van der Waals surface area contributed by atoms with Crippen LogP contribution in [0.3, 0.4) is 0 Å². The normalized spacial score (nSPS) is 10.6. The van der Waals surface area contributed by atoms with E-state index >= 15 is 0 Å². The number of hydrogen-bond acceptors (Lipinski definition) is 5. The molecular weight excluding hydrogens is 382 g/mol. The van der Waals surface area contributed by atoms with Crippen LogP contribution in [0.5, 0.6) is 5.75 Å². The summed E-state index contributed by atoms with van der Waals surface area (Å²) in [5, 5.41) is 5.43. The van der Waals surface area contributed by atoms with Crippen LogP contribution in [-0.2, 0) is 0 Å². The fourth-order valence-corrected chi connectivity index (χ4v) is 3.70. The zero-order valence-electron chi connectivity index (χ0n) is 17.1. The average molecular weight is 410 g/mol. The van der Waals surface area contributed by atoms with Gasteiger partial charge in [-0.15, -0.1) is 11.3 Å². The van der Waals surface area contributed by atoms with Crippen LogP contribution in [0.4, 0.5) is 10.8 Å². The standard InChI is InChI=1S/C23H27N3O2S/c1-4-15-28-20-13-9-17(10-14-20)21-16-29-23(24-21)25-22(27)18-7-11-19(12-8-18)26(5-2)6-3/h7-14,16H,4-6,15H2,1-3H3,(H,24,25,27). The van der Waals surface area contributed by atoms with Gasteiger partial charge >= 0.3 is 0 Å². The fourth-order valence-electron chi connectivity index (χ4n) is 2.99. The van der Waals surface area contributed by atoms with Gasteiger partial charge in [-0.1, -0.05) is 6.92 Å². The summed E-state index contributed by atoms with van der Waals surface area (Å²) in [5.74, 6) is 0.702. The van der Waals surface area contributed by atoms with Crippen LogP contribution in [0, 0.1) is 0 Å². The molecule has 0 aliphatic carbocycles. The number of aromatic nitrogens is 1. The third-order valence-electron chi connectivity index (χ3n) is 4.61. The number of anilines is 2. The van der Waals surface area contributed by atoms with E-state index in [2.05, 4.69) is 36.0 Å². The van der Waals surface area contributed by atoms with E-state index in [1.165, 1.54) is 11.3 Å². The Balaban J connectivity index is 1.64. The van der Waals surface area contributed by atoms with Crippen molar-refractivity contribution in [3.8, 4) is 17.0 Å². The topological polar surface area (TPSA) is 54.5 Å². The number of rotatable bonds is 9. The molecule has 5 nitrogen and oxygen atoms in total. The number of ether oxygens (including phenoxy) is 1. The lowest BCUT2D eigenvalue weighted by Gasteiger charge is -2.20. The van der Waals surface area contributed by atoms with E-state index in [9.17, 15) is 4.79 Å². The van der Waals surface area contributed by atoms with Gasteiger partial charge in [-0.25, -0.2) is 4.98 Å². The van der Waals surface area contributed by atoms with Crippen LogP contribution in [0.25, 0.3) is 11.3 Å². The Morgan fingerprint density at radius 3 is 2.34 bits per heavy atom. The first-order valence-electron chi connectivity index (χ1n) is 9.99. The van der Waals surface area contributed by atoms with Gasteiger partial charge in [-0.3, -0.25) is 10.1 Å². The Kier molecular flexibility index (Phi) is 7.25. The average Bonchev–Trinajstić information content (AvgIpc) is 3.22.